The van der Waals surface area contributed by atoms with Gasteiger partial charge in [-0.05, 0) is 24.3 Å². The van der Waals surface area contributed by atoms with E-state index in [0.717, 1.165) is 17.7 Å². The summed E-state index contributed by atoms with van der Waals surface area (Å²) in [6.45, 7) is 0.754. The average molecular weight is 307 g/mol. The molecule has 1 fully saturated rings. The molecule has 0 amide bonds. The minimum atomic E-state index is -1.05. The molecule has 2 N–H and O–H groups in total. The van der Waals surface area contributed by atoms with Crippen molar-refractivity contribution >= 4 is 11.7 Å². The smallest absolute Gasteiger partial charge is 0.341 e. The van der Waals surface area contributed by atoms with Gasteiger partial charge in [-0.1, -0.05) is 0 Å². The van der Waals surface area contributed by atoms with Crippen LogP contribution in [0.2, 0.25) is 0 Å². The molecular weight excluding hydrogens is 290 g/mol. The van der Waals surface area contributed by atoms with Crippen molar-refractivity contribution in [1.82, 2.24) is 5.48 Å². The van der Waals surface area contributed by atoms with E-state index in [4.69, 9.17) is 24.2 Å². The number of rotatable bonds is 5. The Hall–Kier alpha value is -2.25. The third-order valence-corrected chi connectivity index (χ3v) is 3.61. The molecule has 0 saturated carbocycles. The van der Waals surface area contributed by atoms with Gasteiger partial charge in [-0.15, -0.1) is 0 Å². The molecule has 0 aromatic heterocycles. The van der Waals surface area contributed by atoms with Crippen LogP contribution in [0.1, 0.15) is 12.0 Å². The zero-order valence-corrected chi connectivity index (χ0v) is 12.1. The summed E-state index contributed by atoms with van der Waals surface area (Å²) in [5.41, 5.74) is 4.11. The van der Waals surface area contributed by atoms with Crippen molar-refractivity contribution in [3.8, 4) is 11.5 Å². The van der Waals surface area contributed by atoms with Crippen LogP contribution in [0.4, 0.5) is 0 Å². The predicted octanol–water partition coefficient (Wildman–Crippen LogP) is 1.19. The molecule has 1 aromatic carbocycles. The summed E-state index contributed by atoms with van der Waals surface area (Å²) in [5, 5.41) is 8.74. The lowest BCUT2D eigenvalue weighted by Crippen LogP contribution is -2.29. The van der Waals surface area contributed by atoms with Gasteiger partial charge in [0.05, 0.1) is 19.4 Å². The molecule has 1 spiro atoms. The summed E-state index contributed by atoms with van der Waals surface area (Å²) >= 11 is 0. The molecule has 3 rings (SSSR count). The molecule has 0 bridgehead atoms. The Kier molecular flexibility index (Phi) is 3.91. The zero-order valence-electron chi connectivity index (χ0n) is 12.1. The van der Waals surface area contributed by atoms with E-state index in [1.807, 2.05) is 12.1 Å². The van der Waals surface area contributed by atoms with Gasteiger partial charge in [-0.2, -0.15) is 0 Å². The zero-order chi connectivity index (χ0) is 15.6. The SMILES string of the molecule is COc1ccc(C2=CC3(CCOC3)ON2)cc1OCC(=O)O. The minimum absolute atomic E-state index is 0.369. The summed E-state index contributed by atoms with van der Waals surface area (Å²) in [5.74, 6) is -0.201. The molecule has 1 atom stereocenters. The van der Waals surface area contributed by atoms with E-state index in [2.05, 4.69) is 5.48 Å². The number of ether oxygens (including phenoxy) is 3. The number of methoxy groups -OCH3 is 1. The molecule has 22 heavy (non-hydrogen) atoms. The number of carbonyl (C=O) groups is 1. The Morgan fingerprint density at radius 2 is 2.32 bits per heavy atom. The number of aliphatic carboxylic acids is 1. The van der Waals surface area contributed by atoms with E-state index in [0.29, 0.717) is 24.7 Å². The van der Waals surface area contributed by atoms with Gasteiger partial charge in [0.2, 0.25) is 0 Å². The maximum Gasteiger partial charge on any atom is 0.341 e. The molecule has 0 aliphatic carbocycles. The van der Waals surface area contributed by atoms with Crippen molar-refractivity contribution in [3.05, 3.63) is 29.8 Å². The first-order chi connectivity index (χ1) is 10.6. The molecule has 0 radical (unpaired) electrons. The van der Waals surface area contributed by atoms with Crippen LogP contribution in [0, 0.1) is 0 Å². The fourth-order valence-corrected chi connectivity index (χ4v) is 2.47. The number of carboxylic acid groups (broad SMARTS) is 1. The summed E-state index contributed by atoms with van der Waals surface area (Å²) in [6.07, 6.45) is 2.78. The summed E-state index contributed by atoms with van der Waals surface area (Å²) in [6, 6.07) is 5.30. The van der Waals surface area contributed by atoms with Crippen LogP contribution in [-0.2, 0) is 14.4 Å². The summed E-state index contributed by atoms with van der Waals surface area (Å²) < 4.78 is 15.8. The largest absolute Gasteiger partial charge is 0.493 e. The second-order valence-electron chi connectivity index (χ2n) is 5.18. The van der Waals surface area contributed by atoms with Gasteiger partial charge in [0.15, 0.2) is 18.1 Å². The number of benzene rings is 1. The highest BCUT2D eigenvalue weighted by molar-refractivity contribution is 5.70. The molecule has 2 aliphatic heterocycles. The van der Waals surface area contributed by atoms with Crippen LogP contribution in [0.25, 0.3) is 5.70 Å². The first kappa shape index (κ1) is 14.7. The van der Waals surface area contributed by atoms with Crippen molar-refractivity contribution in [1.29, 1.82) is 0 Å². The van der Waals surface area contributed by atoms with E-state index in [-0.39, 0.29) is 0 Å². The highest BCUT2D eigenvalue weighted by atomic mass is 16.7. The second kappa shape index (κ2) is 5.86. The lowest BCUT2D eigenvalue weighted by atomic mass is 10.0. The Balaban J connectivity index is 1.85. The maximum atomic E-state index is 10.7. The topological polar surface area (TPSA) is 86.3 Å². The van der Waals surface area contributed by atoms with Crippen molar-refractivity contribution in [2.75, 3.05) is 26.9 Å². The number of hydrogen-bond donors (Lipinski definition) is 2. The van der Waals surface area contributed by atoms with Crippen LogP contribution in [-0.4, -0.2) is 43.6 Å². The van der Waals surface area contributed by atoms with Gasteiger partial charge in [-0.25, -0.2) is 4.79 Å². The van der Waals surface area contributed by atoms with E-state index >= 15 is 0 Å². The lowest BCUT2D eigenvalue weighted by Gasteiger charge is -2.15. The third kappa shape index (κ3) is 2.86. The maximum absolute atomic E-state index is 10.7. The first-order valence-electron chi connectivity index (χ1n) is 6.89. The van der Waals surface area contributed by atoms with Crippen molar-refractivity contribution in [3.63, 3.8) is 0 Å². The molecule has 1 aromatic rings. The molecule has 7 heteroatoms. The number of carboxylic acids is 1. The Morgan fingerprint density at radius 3 is 3.00 bits per heavy atom. The lowest BCUT2D eigenvalue weighted by molar-refractivity contribution is -0.139. The molecule has 7 nitrogen and oxygen atoms in total. The van der Waals surface area contributed by atoms with Gasteiger partial charge < -0.3 is 19.3 Å². The van der Waals surface area contributed by atoms with Gasteiger partial charge in [-0.3, -0.25) is 10.3 Å². The highest BCUT2D eigenvalue weighted by Gasteiger charge is 2.39. The van der Waals surface area contributed by atoms with E-state index < -0.39 is 18.2 Å². The minimum Gasteiger partial charge on any atom is -0.493 e. The van der Waals surface area contributed by atoms with Crippen molar-refractivity contribution < 1.29 is 28.9 Å². The molecular formula is C15H17NO6. The molecule has 2 aliphatic rings. The van der Waals surface area contributed by atoms with Crippen LogP contribution < -0.4 is 15.0 Å². The highest BCUT2D eigenvalue weighted by Crippen LogP contribution is 2.35. The Labute approximate surface area is 127 Å². The molecule has 118 valence electrons. The second-order valence-corrected chi connectivity index (χ2v) is 5.18. The van der Waals surface area contributed by atoms with Crippen LogP contribution in [0.5, 0.6) is 11.5 Å². The predicted molar refractivity (Wildman–Crippen MR) is 76.5 cm³/mol. The summed E-state index contributed by atoms with van der Waals surface area (Å²) in [4.78, 5) is 16.3. The van der Waals surface area contributed by atoms with E-state index in [1.54, 1.807) is 12.1 Å². The Bertz CT molecular complexity index is 606. The van der Waals surface area contributed by atoms with Gasteiger partial charge in [0.25, 0.3) is 0 Å². The van der Waals surface area contributed by atoms with Gasteiger partial charge >= 0.3 is 5.97 Å². The average Bonchev–Trinajstić information content (AvgIpc) is 3.15. The fraction of sp³-hybridized carbons (Fsp3) is 0.400. The van der Waals surface area contributed by atoms with Crippen LogP contribution in [0.3, 0.4) is 0 Å². The normalized spacial score (nSPS) is 23.2. The van der Waals surface area contributed by atoms with E-state index in [9.17, 15) is 4.79 Å². The van der Waals surface area contributed by atoms with Gasteiger partial charge in [0.1, 0.15) is 5.60 Å². The number of nitrogens with one attached hydrogen (secondary N) is 1. The van der Waals surface area contributed by atoms with Gasteiger partial charge in [0, 0.05) is 18.6 Å². The van der Waals surface area contributed by atoms with Crippen molar-refractivity contribution in [2.24, 2.45) is 0 Å². The van der Waals surface area contributed by atoms with Crippen molar-refractivity contribution in [2.45, 2.75) is 12.0 Å². The number of hydroxylamine groups is 1. The Morgan fingerprint density at radius 1 is 1.45 bits per heavy atom. The third-order valence-electron chi connectivity index (χ3n) is 3.61. The quantitative estimate of drug-likeness (QED) is 0.845. The number of hydrogen-bond acceptors (Lipinski definition) is 6. The fourth-order valence-electron chi connectivity index (χ4n) is 2.47. The van der Waals surface area contributed by atoms with Crippen LogP contribution >= 0.6 is 0 Å². The first-order valence-corrected chi connectivity index (χ1v) is 6.89. The summed E-state index contributed by atoms with van der Waals surface area (Å²) in [7, 11) is 1.50. The van der Waals surface area contributed by atoms with E-state index in [1.165, 1.54) is 7.11 Å². The standard InChI is InChI=1S/C15H17NO6/c1-19-12-3-2-10(6-13(12)21-8-14(17)18)11-7-15(22-16-11)4-5-20-9-15/h2-3,6-7,16H,4-5,8-9H2,1H3,(H,17,18). The monoisotopic (exact) mass is 307 g/mol. The molecule has 1 saturated heterocycles. The van der Waals surface area contributed by atoms with Crippen LogP contribution in [0.15, 0.2) is 24.3 Å². The molecule has 1 unspecified atom stereocenters. The molecule has 2 heterocycles.